The van der Waals surface area contributed by atoms with Crippen LogP contribution in [0.15, 0.2) is 115 Å². The Morgan fingerprint density at radius 2 is 0.845 bits per heavy atom. The van der Waals surface area contributed by atoms with Gasteiger partial charge in [-0.25, -0.2) is 0 Å². The highest BCUT2D eigenvalue weighted by Crippen LogP contribution is 2.33. The molecule has 0 aliphatic rings. The summed E-state index contributed by atoms with van der Waals surface area (Å²) in [6, 6.07) is 14.2. The Labute approximate surface area is 328 Å². The van der Waals surface area contributed by atoms with Crippen LogP contribution in [0.3, 0.4) is 0 Å². The van der Waals surface area contributed by atoms with E-state index in [0.717, 1.165) is 48.8 Å². The summed E-state index contributed by atoms with van der Waals surface area (Å²) < 4.78 is 137. The standard InChI is InChI=1S/C34H26N6O14S4/c41-33-21(13-29(57(49,50)51)25-3-1-11-35-31(25)33)17-37-39-23-9-7-19(27(15-23)55(43,44)45)5-6-20-8-10-24(16-28(20)56(46,47)48)40-38-18-22-14-30(58(52,53)54)26-4-2-12-36-32(26)34(22)42/h1-18,39-42H,(H,43,44,45)(H,46,47,48)(H,49,50,51)(H,52,53,54)/b6-5+,37-17+,38-18+. The molecular weight excluding hydrogens is 845 g/mol. The summed E-state index contributed by atoms with van der Waals surface area (Å²) in [4.78, 5) is 5.39. The molecule has 0 fully saturated rings. The van der Waals surface area contributed by atoms with Crippen LogP contribution < -0.4 is 10.9 Å². The smallest absolute Gasteiger partial charge is 0.295 e. The third-order valence-electron chi connectivity index (χ3n) is 8.09. The van der Waals surface area contributed by atoms with Crippen molar-refractivity contribution >= 4 is 98.2 Å². The number of hydrogen-bond acceptors (Lipinski definition) is 16. The van der Waals surface area contributed by atoms with Crippen LogP contribution in [0.5, 0.6) is 11.5 Å². The van der Waals surface area contributed by atoms with E-state index in [1.807, 2.05) is 0 Å². The van der Waals surface area contributed by atoms with Gasteiger partial charge in [-0.2, -0.15) is 43.9 Å². The predicted octanol–water partition coefficient (Wildman–Crippen LogP) is 4.24. The first kappa shape index (κ1) is 41.3. The molecular formula is C34H26N6O14S4. The number of aromatic hydroxyl groups is 2. The number of fused-ring (bicyclic) bond motifs is 2. The van der Waals surface area contributed by atoms with Crippen LogP contribution >= 0.6 is 0 Å². The van der Waals surface area contributed by atoms with Gasteiger partial charge in [0.25, 0.3) is 40.5 Å². The predicted molar refractivity (Wildman–Crippen MR) is 210 cm³/mol. The van der Waals surface area contributed by atoms with Gasteiger partial charge in [-0.05, 0) is 71.8 Å². The molecule has 0 aliphatic heterocycles. The lowest BCUT2D eigenvalue weighted by Gasteiger charge is -2.10. The average Bonchev–Trinajstić information content (AvgIpc) is 3.14. The molecule has 0 aliphatic carbocycles. The molecule has 0 spiro atoms. The van der Waals surface area contributed by atoms with Crippen LogP contribution in [-0.4, -0.2) is 84.5 Å². The number of rotatable bonds is 12. The molecule has 0 amide bonds. The molecule has 0 atom stereocenters. The topological polar surface area (TPSA) is 332 Å². The Kier molecular flexibility index (Phi) is 11.0. The van der Waals surface area contributed by atoms with Crippen molar-refractivity contribution in [3.8, 4) is 11.5 Å². The molecule has 0 unspecified atom stereocenters. The van der Waals surface area contributed by atoms with Crippen LogP contribution in [0.2, 0.25) is 0 Å². The summed E-state index contributed by atoms with van der Waals surface area (Å²) in [5.41, 5.74) is 3.84. The maximum Gasteiger partial charge on any atom is 0.295 e. The van der Waals surface area contributed by atoms with E-state index in [4.69, 9.17) is 0 Å². The van der Waals surface area contributed by atoms with Crippen LogP contribution in [0.4, 0.5) is 11.4 Å². The van der Waals surface area contributed by atoms with Gasteiger partial charge in [-0.1, -0.05) is 24.3 Å². The van der Waals surface area contributed by atoms with Crippen molar-refractivity contribution in [1.29, 1.82) is 0 Å². The van der Waals surface area contributed by atoms with Crippen molar-refractivity contribution in [3.63, 3.8) is 0 Å². The molecule has 0 radical (unpaired) electrons. The van der Waals surface area contributed by atoms with Crippen molar-refractivity contribution in [3.05, 3.63) is 107 Å². The molecule has 2 heterocycles. The molecule has 0 saturated heterocycles. The first-order chi connectivity index (χ1) is 27.1. The highest BCUT2D eigenvalue weighted by Gasteiger charge is 2.22. The number of nitrogens with one attached hydrogen (secondary N) is 2. The third kappa shape index (κ3) is 8.93. The van der Waals surface area contributed by atoms with E-state index < -0.39 is 71.6 Å². The monoisotopic (exact) mass is 870 g/mol. The second-order valence-electron chi connectivity index (χ2n) is 11.9. The molecule has 8 N–H and O–H groups in total. The zero-order valence-electron chi connectivity index (χ0n) is 28.8. The molecule has 6 aromatic rings. The summed E-state index contributed by atoms with van der Waals surface area (Å²) in [6.45, 7) is 0. The molecule has 24 heteroatoms. The number of nitrogens with zero attached hydrogens (tertiary/aromatic N) is 4. The largest absolute Gasteiger partial charge is 0.505 e. The normalized spacial score (nSPS) is 13.0. The Balaban J connectivity index is 1.26. The Hall–Kier alpha value is -6.38. The molecule has 4 aromatic carbocycles. The second kappa shape index (κ2) is 15.5. The van der Waals surface area contributed by atoms with Crippen LogP contribution in [0, 0.1) is 0 Å². The number of phenolic OH excluding ortho intramolecular Hbond substituents is 2. The van der Waals surface area contributed by atoms with Crippen LogP contribution in [-0.2, 0) is 40.5 Å². The van der Waals surface area contributed by atoms with Gasteiger partial charge in [-0.3, -0.25) is 39.0 Å². The van der Waals surface area contributed by atoms with Gasteiger partial charge in [0, 0.05) is 34.3 Å². The van der Waals surface area contributed by atoms with Gasteiger partial charge < -0.3 is 10.2 Å². The number of benzene rings is 4. The van der Waals surface area contributed by atoms with Crippen molar-refractivity contribution in [1.82, 2.24) is 9.97 Å². The minimum absolute atomic E-state index is 0.0356. The number of anilines is 2. The van der Waals surface area contributed by atoms with Crippen LogP contribution in [0.25, 0.3) is 34.0 Å². The van der Waals surface area contributed by atoms with E-state index in [-0.39, 0.29) is 55.4 Å². The van der Waals surface area contributed by atoms with Gasteiger partial charge in [0.15, 0.2) is 11.5 Å². The summed E-state index contributed by atoms with van der Waals surface area (Å²) in [6.07, 6.45) is 6.72. The molecule has 2 aromatic heterocycles. The first-order valence-corrected chi connectivity index (χ1v) is 21.5. The van der Waals surface area contributed by atoms with Crippen molar-refractivity contribution in [2.45, 2.75) is 19.6 Å². The van der Waals surface area contributed by atoms with E-state index in [2.05, 4.69) is 31.0 Å². The summed E-state index contributed by atoms with van der Waals surface area (Å²) in [7, 11) is -19.4. The SMILES string of the molecule is O=S(=O)(O)c1cc(N/N=C/c2cc(S(=O)(=O)O)c3cccnc3c2O)ccc1/C=C/c1ccc(N/N=C/c2cc(S(=O)(=O)O)c3cccnc3c2O)cc1S(=O)(=O)O. The van der Waals surface area contributed by atoms with Crippen molar-refractivity contribution in [2.24, 2.45) is 10.2 Å². The second-order valence-corrected chi connectivity index (χ2v) is 17.5. The summed E-state index contributed by atoms with van der Waals surface area (Å²) in [5, 5.41) is 28.9. The van der Waals surface area contributed by atoms with E-state index in [1.165, 1.54) is 60.9 Å². The number of aromatic nitrogens is 2. The lowest BCUT2D eigenvalue weighted by molar-refractivity contribution is 0.475. The highest BCUT2D eigenvalue weighted by atomic mass is 32.2. The zero-order chi connectivity index (χ0) is 42.2. The zero-order valence-corrected chi connectivity index (χ0v) is 32.0. The fourth-order valence-corrected chi connectivity index (χ4v) is 8.38. The van der Waals surface area contributed by atoms with Gasteiger partial charge in [0.2, 0.25) is 0 Å². The van der Waals surface area contributed by atoms with Crippen molar-refractivity contribution in [2.75, 3.05) is 10.9 Å². The maximum absolute atomic E-state index is 12.4. The average molecular weight is 871 g/mol. The Morgan fingerprint density at radius 3 is 1.19 bits per heavy atom. The molecule has 6 rings (SSSR count). The van der Waals surface area contributed by atoms with Crippen molar-refractivity contribution < 1.29 is 62.1 Å². The molecule has 0 bridgehead atoms. The van der Waals surface area contributed by atoms with Crippen LogP contribution in [0.1, 0.15) is 22.3 Å². The van der Waals surface area contributed by atoms with E-state index >= 15 is 0 Å². The van der Waals surface area contributed by atoms with E-state index in [1.54, 1.807) is 0 Å². The molecule has 20 nitrogen and oxygen atoms in total. The molecule has 300 valence electrons. The first-order valence-electron chi connectivity index (χ1n) is 15.8. The molecule has 0 saturated carbocycles. The quantitative estimate of drug-likeness (QED) is 0.0369. The van der Waals surface area contributed by atoms with E-state index in [0.29, 0.717) is 0 Å². The third-order valence-corrected chi connectivity index (χ3v) is 11.7. The molecule has 58 heavy (non-hydrogen) atoms. The number of hydrogen-bond donors (Lipinski definition) is 8. The van der Waals surface area contributed by atoms with Gasteiger partial charge in [-0.15, -0.1) is 0 Å². The van der Waals surface area contributed by atoms with Gasteiger partial charge >= 0.3 is 0 Å². The minimum Gasteiger partial charge on any atom is -0.505 e. The number of hydrazone groups is 2. The summed E-state index contributed by atoms with van der Waals surface area (Å²) in [5.74, 6) is -0.964. The highest BCUT2D eigenvalue weighted by molar-refractivity contribution is 7.86. The Bertz CT molecular complexity index is 3000. The van der Waals surface area contributed by atoms with Gasteiger partial charge in [0.05, 0.1) is 23.8 Å². The van der Waals surface area contributed by atoms with E-state index in [9.17, 15) is 62.1 Å². The maximum atomic E-state index is 12.4. The number of pyridine rings is 2. The minimum atomic E-state index is -4.94. The fourth-order valence-electron chi connectivity index (χ4n) is 5.52. The lowest BCUT2D eigenvalue weighted by Crippen LogP contribution is -2.04. The van der Waals surface area contributed by atoms with Gasteiger partial charge in [0.1, 0.15) is 30.6 Å². The summed E-state index contributed by atoms with van der Waals surface area (Å²) >= 11 is 0. The fraction of sp³-hybridized carbons (Fsp3) is 0. The Morgan fingerprint density at radius 1 is 0.483 bits per heavy atom. The number of phenols is 2. The lowest BCUT2D eigenvalue weighted by atomic mass is 10.1.